The van der Waals surface area contributed by atoms with Gasteiger partial charge in [0.1, 0.15) is 11.5 Å². The number of methoxy groups -OCH3 is 2. The van der Waals surface area contributed by atoms with Crippen LogP contribution in [0.15, 0.2) is 77.3 Å². The summed E-state index contributed by atoms with van der Waals surface area (Å²) in [5, 5.41) is 3.16. The lowest BCUT2D eigenvalue weighted by atomic mass is 9.98. The molecular weight excluding hydrogens is 418 g/mol. The Morgan fingerprint density at radius 1 is 0.857 bits per heavy atom. The second-order valence-corrected chi connectivity index (χ2v) is 7.27. The lowest BCUT2D eigenvalue weighted by Gasteiger charge is -2.20. The van der Waals surface area contributed by atoms with E-state index in [9.17, 15) is 4.79 Å². The number of rotatable bonds is 7. The first-order chi connectivity index (χ1) is 13.6. The maximum Gasteiger partial charge on any atom is 0.251 e. The number of amides is 1. The summed E-state index contributed by atoms with van der Waals surface area (Å²) in [4.78, 5) is 12.8. The first-order valence-corrected chi connectivity index (χ1v) is 9.71. The maximum atomic E-state index is 12.8. The van der Waals surface area contributed by atoms with E-state index in [0.717, 1.165) is 27.1 Å². The number of hydrogen-bond acceptors (Lipinski definition) is 3. The largest absolute Gasteiger partial charge is 0.497 e. The van der Waals surface area contributed by atoms with Crippen molar-refractivity contribution >= 4 is 21.8 Å². The van der Waals surface area contributed by atoms with Crippen molar-refractivity contribution in [2.75, 3.05) is 14.2 Å². The minimum atomic E-state index is -0.171. The van der Waals surface area contributed by atoms with E-state index in [1.165, 1.54) is 0 Å². The van der Waals surface area contributed by atoms with Crippen LogP contribution in [0.4, 0.5) is 0 Å². The summed E-state index contributed by atoms with van der Waals surface area (Å²) in [6.07, 6.45) is 0.665. The molecule has 28 heavy (non-hydrogen) atoms. The van der Waals surface area contributed by atoms with Crippen LogP contribution in [0.25, 0.3) is 0 Å². The van der Waals surface area contributed by atoms with Crippen molar-refractivity contribution in [1.29, 1.82) is 0 Å². The summed E-state index contributed by atoms with van der Waals surface area (Å²) in [5.41, 5.74) is 2.75. The summed E-state index contributed by atoms with van der Waals surface area (Å²) >= 11 is 3.40. The maximum absolute atomic E-state index is 12.8. The number of benzene rings is 3. The van der Waals surface area contributed by atoms with Crippen LogP contribution in [0.5, 0.6) is 11.5 Å². The zero-order chi connectivity index (χ0) is 19.9. The molecule has 3 aromatic rings. The Kier molecular flexibility index (Phi) is 6.71. The van der Waals surface area contributed by atoms with Gasteiger partial charge in [0, 0.05) is 10.0 Å². The van der Waals surface area contributed by atoms with E-state index in [1.807, 2.05) is 60.7 Å². The molecule has 4 nitrogen and oxygen atoms in total. The van der Waals surface area contributed by atoms with E-state index < -0.39 is 0 Å². The van der Waals surface area contributed by atoms with Gasteiger partial charge in [-0.1, -0.05) is 40.2 Å². The molecule has 0 aliphatic rings. The molecule has 0 heterocycles. The van der Waals surface area contributed by atoms with E-state index in [0.29, 0.717) is 12.0 Å². The highest BCUT2D eigenvalue weighted by Gasteiger charge is 2.17. The van der Waals surface area contributed by atoms with Gasteiger partial charge in [0.15, 0.2) is 0 Å². The quantitative estimate of drug-likeness (QED) is 0.551. The Balaban J connectivity index is 1.83. The van der Waals surface area contributed by atoms with Crippen LogP contribution in [-0.4, -0.2) is 20.1 Å². The third kappa shape index (κ3) is 5.14. The van der Waals surface area contributed by atoms with Crippen molar-refractivity contribution in [3.05, 3.63) is 94.0 Å². The summed E-state index contributed by atoms with van der Waals surface area (Å²) in [7, 11) is 3.28. The molecule has 1 atom stereocenters. The molecule has 0 radical (unpaired) electrons. The van der Waals surface area contributed by atoms with E-state index in [2.05, 4.69) is 21.2 Å². The van der Waals surface area contributed by atoms with Crippen molar-refractivity contribution in [2.45, 2.75) is 12.5 Å². The highest BCUT2D eigenvalue weighted by Crippen LogP contribution is 2.23. The average molecular weight is 440 g/mol. The monoisotopic (exact) mass is 439 g/mol. The number of halogens is 1. The number of hydrogen-bond donors (Lipinski definition) is 1. The van der Waals surface area contributed by atoms with Crippen LogP contribution in [0.2, 0.25) is 0 Å². The molecular formula is C23H22BrNO3. The van der Waals surface area contributed by atoms with Gasteiger partial charge in [-0.2, -0.15) is 0 Å². The average Bonchev–Trinajstić information content (AvgIpc) is 2.74. The molecule has 3 rings (SSSR count). The van der Waals surface area contributed by atoms with Crippen molar-refractivity contribution in [3.63, 3.8) is 0 Å². The van der Waals surface area contributed by atoms with E-state index in [-0.39, 0.29) is 11.9 Å². The summed E-state index contributed by atoms with van der Waals surface area (Å²) in [6.45, 7) is 0. The molecule has 1 amide bonds. The minimum Gasteiger partial charge on any atom is -0.497 e. The van der Waals surface area contributed by atoms with Crippen LogP contribution in [-0.2, 0) is 6.42 Å². The Morgan fingerprint density at radius 3 is 1.93 bits per heavy atom. The molecule has 0 spiro atoms. The fraction of sp³-hybridized carbons (Fsp3) is 0.174. The first kappa shape index (κ1) is 20.0. The van der Waals surface area contributed by atoms with Gasteiger partial charge in [0.25, 0.3) is 5.91 Å². The number of ether oxygens (including phenoxy) is 2. The van der Waals surface area contributed by atoms with Crippen molar-refractivity contribution in [3.8, 4) is 11.5 Å². The van der Waals surface area contributed by atoms with Gasteiger partial charge in [0.05, 0.1) is 20.3 Å². The van der Waals surface area contributed by atoms with Crippen LogP contribution in [0.3, 0.4) is 0 Å². The third-order valence-electron chi connectivity index (χ3n) is 4.53. The van der Waals surface area contributed by atoms with Gasteiger partial charge in [0.2, 0.25) is 0 Å². The molecule has 3 aromatic carbocycles. The normalized spacial score (nSPS) is 11.5. The molecule has 0 saturated carbocycles. The van der Waals surface area contributed by atoms with Crippen molar-refractivity contribution < 1.29 is 14.3 Å². The second kappa shape index (κ2) is 9.42. The molecule has 5 heteroatoms. The van der Waals surface area contributed by atoms with Gasteiger partial charge < -0.3 is 14.8 Å². The topological polar surface area (TPSA) is 47.6 Å². The molecule has 0 aromatic heterocycles. The van der Waals surface area contributed by atoms with Gasteiger partial charge in [-0.3, -0.25) is 4.79 Å². The Hall–Kier alpha value is -2.79. The fourth-order valence-electron chi connectivity index (χ4n) is 2.93. The van der Waals surface area contributed by atoms with Crippen molar-refractivity contribution in [1.82, 2.24) is 5.32 Å². The molecule has 0 aliphatic heterocycles. The molecule has 0 bridgehead atoms. The smallest absolute Gasteiger partial charge is 0.251 e. The van der Waals surface area contributed by atoms with Crippen LogP contribution >= 0.6 is 15.9 Å². The number of carbonyl (C=O) groups excluding carboxylic acids is 1. The van der Waals surface area contributed by atoms with E-state index in [1.54, 1.807) is 26.4 Å². The summed E-state index contributed by atoms with van der Waals surface area (Å²) in [5.74, 6) is 1.48. The molecule has 1 unspecified atom stereocenters. The molecule has 0 fully saturated rings. The Labute approximate surface area is 173 Å². The molecule has 144 valence electrons. The zero-order valence-electron chi connectivity index (χ0n) is 15.8. The van der Waals surface area contributed by atoms with E-state index in [4.69, 9.17) is 9.47 Å². The fourth-order valence-corrected chi connectivity index (χ4v) is 3.19. The Bertz CT molecular complexity index is 906. The van der Waals surface area contributed by atoms with Crippen LogP contribution in [0, 0.1) is 0 Å². The van der Waals surface area contributed by atoms with Crippen LogP contribution in [0.1, 0.15) is 27.5 Å². The van der Waals surface area contributed by atoms with Crippen LogP contribution < -0.4 is 14.8 Å². The number of nitrogens with one attached hydrogen (secondary N) is 1. The molecule has 0 aliphatic carbocycles. The first-order valence-electron chi connectivity index (χ1n) is 8.92. The molecule has 0 saturated heterocycles. The van der Waals surface area contributed by atoms with Gasteiger partial charge >= 0.3 is 0 Å². The predicted molar refractivity (Wildman–Crippen MR) is 114 cm³/mol. The highest BCUT2D eigenvalue weighted by molar-refractivity contribution is 9.10. The van der Waals surface area contributed by atoms with E-state index >= 15 is 0 Å². The second-order valence-electron chi connectivity index (χ2n) is 6.36. The zero-order valence-corrected chi connectivity index (χ0v) is 17.4. The minimum absolute atomic E-state index is 0.109. The molecule has 1 N–H and O–H groups in total. The lowest BCUT2D eigenvalue weighted by Crippen LogP contribution is -2.30. The lowest BCUT2D eigenvalue weighted by molar-refractivity contribution is 0.0936. The SMILES string of the molecule is COc1ccc(CC(NC(=O)c2ccc(Br)cc2)c2ccc(OC)cc2)cc1. The third-order valence-corrected chi connectivity index (χ3v) is 5.06. The summed E-state index contributed by atoms with van der Waals surface area (Å²) in [6, 6.07) is 22.8. The van der Waals surface area contributed by atoms with Gasteiger partial charge in [-0.25, -0.2) is 0 Å². The Morgan fingerprint density at radius 2 is 1.39 bits per heavy atom. The predicted octanol–water partition coefficient (Wildman–Crippen LogP) is 5.18. The number of carbonyl (C=O) groups is 1. The van der Waals surface area contributed by atoms with Crippen molar-refractivity contribution in [2.24, 2.45) is 0 Å². The summed E-state index contributed by atoms with van der Waals surface area (Å²) < 4.78 is 11.4. The highest BCUT2D eigenvalue weighted by atomic mass is 79.9. The van der Waals surface area contributed by atoms with Gasteiger partial charge in [-0.05, 0) is 66.1 Å². The van der Waals surface area contributed by atoms with Gasteiger partial charge in [-0.15, -0.1) is 0 Å². The standard InChI is InChI=1S/C23H22BrNO3/c1-27-20-11-3-16(4-12-20)15-22(17-7-13-21(28-2)14-8-17)25-23(26)18-5-9-19(24)10-6-18/h3-14,22H,15H2,1-2H3,(H,25,26).